The number of rotatable bonds is 5. The fourth-order valence-electron chi connectivity index (χ4n) is 2.86. The Morgan fingerprint density at radius 3 is 2.42 bits per heavy atom. The number of amides is 1. The molecule has 0 aliphatic carbocycles. The predicted molar refractivity (Wildman–Crippen MR) is 107 cm³/mol. The molecule has 0 saturated carbocycles. The van der Waals surface area contributed by atoms with Gasteiger partial charge >= 0.3 is 6.18 Å². The second kappa shape index (κ2) is 8.63. The molecule has 31 heavy (non-hydrogen) atoms. The number of pyridine rings is 1. The molecule has 1 amide bonds. The third-order valence-corrected chi connectivity index (χ3v) is 4.51. The molecule has 0 radical (unpaired) electrons. The number of alkyl halides is 3. The second-order valence-electron chi connectivity index (χ2n) is 6.71. The van der Waals surface area contributed by atoms with Gasteiger partial charge in [-0.15, -0.1) is 0 Å². The predicted octanol–water partition coefficient (Wildman–Crippen LogP) is 5.38. The smallest absolute Gasteiger partial charge is 0.416 e. The van der Waals surface area contributed by atoms with E-state index >= 15 is 0 Å². The molecule has 1 aromatic heterocycles. The molecule has 0 spiro atoms. The van der Waals surface area contributed by atoms with Crippen LogP contribution in [0.2, 0.25) is 0 Å². The van der Waals surface area contributed by atoms with Crippen molar-refractivity contribution >= 4 is 11.6 Å². The molecule has 9 heteroatoms. The maximum Gasteiger partial charge on any atom is 0.416 e. The molecular weight excluding hydrogens is 416 g/mol. The lowest BCUT2D eigenvalue weighted by atomic mass is 10.1. The summed E-state index contributed by atoms with van der Waals surface area (Å²) < 4.78 is 59.9. The lowest BCUT2D eigenvalue weighted by Crippen LogP contribution is -2.20. The third kappa shape index (κ3) is 5.11. The summed E-state index contributed by atoms with van der Waals surface area (Å²) in [7, 11) is 0. The van der Waals surface area contributed by atoms with Gasteiger partial charge in [0.05, 0.1) is 11.1 Å². The van der Waals surface area contributed by atoms with E-state index in [9.17, 15) is 27.2 Å². The zero-order valence-electron chi connectivity index (χ0n) is 16.6. The summed E-state index contributed by atoms with van der Waals surface area (Å²) in [5.74, 6) is -1.56. The van der Waals surface area contributed by atoms with Crippen LogP contribution in [-0.2, 0) is 12.7 Å². The number of nitrogens with one attached hydrogen (secondary N) is 1. The fraction of sp³-hybridized carbons (Fsp3) is 0.182. The van der Waals surface area contributed by atoms with Crippen molar-refractivity contribution in [2.45, 2.75) is 26.6 Å². The van der Waals surface area contributed by atoms with Gasteiger partial charge in [-0.3, -0.25) is 9.59 Å². The van der Waals surface area contributed by atoms with Crippen LogP contribution in [0.5, 0.6) is 11.5 Å². The standard InChI is InChI=1S/C22H18F4N2O3/c1-3-28-9-8-16(12-20(28)29)27-21(30)17-6-4-14(22(24,25)26)11-19(17)31-18-7-5-15(23)10-13(18)2/h4-12H,3H2,1-2H3,(H,27,30). The molecule has 0 atom stereocenters. The Kier molecular flexibility index (Phi) is 6.14. The van der Waals surface area contributed by atoms with Crippen molar-refractivity contribution in [1.82, 2.24) is 4.57 Å². The van der Waals surface area contributed by atoms with E-state index in [2.05, 4.69) is 5.32 Å². The minimum atomic E-state index is -4.66. The highest BCUT2D eigenvalue weighted by atomic mass is 19.4. The average molecular weight is 434 g/mol. The van der Waals surface area contributed by atoms with Crippen LogP contribution in [0.4, 0.5) is 23.2 Å². The number of ether oxygens (including phenoxy) is 1. The average Bonchev–Trinajstić information content (AvgIpc) is 2.69. The number of hydrogen-bond donors (Lipinski definition) is 1. The molecule has 0 fully saturated rings. The number of halogens is 4. The fourth-order valence-corrected chi connectivity index (χ4v) is 2.86. The Labute approximate surface area is 174 Å². The van der Waals surface area contributed by atoms with Gasteiger partial charge in [-0.1, -0.05) is 0 Å². The highest BCUT2D eigenvalue weighted by molar-refractivity contribution is 6.06. The number of carbonyl (C=O) groups is 1. The van der Waals surface area contributed by atoms with E-state index in [4.69, 9.17) is 4.74 Å². The maximum atomic E-state index is 13.3. The summed E-state index contributed by atoms with van der Waals surface area (Å²) in [5, 5.41) is 2.48. The van der Waals surface area contributed by atoms with Crippen LogP contribution >= 0.6 is 0 Å². The number of aryl methyl sites for hydroxylation is 2. The van der Waals surface area contributed by atoms with Crippen LogP contribution in [-0.4, -0.2) is 10.5 Å². The SMILES string of the molecule is CCn1ccc(NC(=O)c2ccc(C(F)(F)F)cc2Oc2ccc(F)cc2C)cc1=O. The molecule has 162 valence electrons. The Balaban J connectivity index is 1.99. The van der Waals surface area contributed by atoms with E-state index in [-0.39, 0.29) is 28.3 Å². The first-order valence-corrected chi connectivity index (χ1v) is 9.25. The van der Waals surface area contributed by atoms with E-state index in [0.717, 1.165) is 24.3 Å². The Morgan fingerprint density at radius 2 is 1.81 bits per heavy atom. The van der Waals surface area contributed by atoms with Crippen molar-refractivity contribution in [3.05, 3.63) is 87.6 Å². The largest absolute Gasteiger partial charge is 0.456 e. The van der Waals surface area contributed by atoms with Crippen LogP contribution in [0.25, 0.3) is 0 Å². The zero-order chi connectivity index (χ0) is 22.8. The van der Waals surface area contributed by atoms with E-state index < -0.39 is 23.5 Å². The van der Waals surface area contributed by atoms with Gasteiger partial charge in [-0.2, -0.15) is 13.2 Å². The van der Waals surface area contributed by atoms with Crippen molar-refractivity contribution in [2.24, 2.45) is 0 Å². The molecular formula is C22H18F4N2O3. The normalized spacial score (nSPS) is 11.3. The molecule has 0 bridgehead atoms. The van der Waals surface area contributed by atoms with Gasteiger partial charge in [-0.25, -0.2) is 4.39 Å². The highest BCUT2D eigenvalue weighted by Crippen LogP contribution is 2.36. The van der Waals surface area contributed by atoms with Gasteiger partial charge in [0.1, 0.15) is 17.3 Å². The summed E-state index contributed by atoms with van der Waals surface area (Å²) in [6.07, 6.45) is -3.17. The van der Waals surface area contributed by atoms with E-state index in [1.165, 1.54) is 35.9 Å². The first kappa shape index (κ1) is 22.1. The van der Waals surface area contributed by atoms with Gasteiger partial charge in [0, 0.05) is 24.5 Å². The molecule has 0 unspecified atom stereocenters. The van der Waals surface area contributed by atoms with E-state index in [0.29, 0.717) is 18.2 Å². The summed E-state index contributed by atoms with van der Waals surface area (Å²) in [6.45, 7) is 3.75. The van der Waals surface area contributed by atoms with Crippen molar-refractivity contribution in [2.75, 3.05) is 5.32 Å². The van der Waals surface area contributed by atoms with Crippen molar-refractivity contribution in [1.29, 1.82) is 0 Å². The van der Waals surface area contributed by atoms with Gasteiger partial charge in [0.15, 0.2) is 0 Å². The summed E-state index contributed by atoms with van der Waals surface area (Å²) in [4.78, 5) is 24.7. The minimum Gasteiger partial charge on any atom is -0.456 e. The van der Waals surface area contributed by atoms with Gasteiger partial charge in [0.25, 0.3) is 11.5 Å². The molecule has 3 rings (SSSR count). The molecule has 3 aromatic rings. The van der Waals surface area contributed by atoms with Crippen molar-refractivity contribution in [3.63, 3.8) is 0 Å². The molecule has 0 aliphatic rings. The van der Waals surface area contributed by atoms with Crippen LogP contribution in [0, 0.1) is 12.7 Å². The number of hydrogen-bond acceptors (Lipinski definition) is 3. The van der Waals surface area contributed by atoms with E-state index in [1.807, 2.05) is 0 Å². The first-order chi connectivity index (χ1) is 14.6. The number of carbonyl (C=O) groups excluding carboxylic acids is 1. The topological polar surface area (TPSA) is 60.3 Å². The number of benzene rings is 2. The van der Waals surface area contributed by atoms with Crippen molar-refractivity contribution < 1.29 is 27.1 Å². The minimum absolute atomic E-state index is 0.0975. The maximum absolute atomic E-state index is 13.3. The Bertz CT molecular complexity index is 1190. The second-order valence-corrected chi connectivity index (χ2v) is 6.71. The van der Waals surface area contributed by atoms with Gasteiger partial charge < -0.3 is 14.6 Å². The molecule has 1 N–H and O–H groups in total. The van der Waals surface area contributed by atoms with Crippen molar-refractivity contribution in [3.8, 4) is 11.5 Å². The van der Waals surface area contributed by atoms with Gasteiger partial charge in [-0.05, 0) is 61.9 Å². The number of anilines is 1. The zero-order valence-corrected chi connectivity index (χ0v) is 16.6. The lowest BCUT2D eigenvalue weighted by Gasteiger charge is -2.16. The van der Waals surface area contributed by atoms with E-state index in [1.54, 1.807) is 6.92 Å². The quantitative estimate of drug-likeness (QED) is 0.549. The number of nitrogens with zero attached hydrogens (tertiary/aromatic N) is 1. The van der Waals surface area contributed by atoms with Gasteiger partial charge in [0.2, 0.25) is 0 Å². The molecule has 2 aromatic carbocycles. The first-order valence-electron chi connectivity index (χ1n) is 9.25. The molecule has 0 saturated heterocycles. The highest BCUT2D eigenvalue weighted by Gasteiger charge is 2.32. The molecule has 5 nitrogen and oxygen atoms in total. The van der Waals surface area contributed by atoms with Crippen LogP contribution < -0.4 is 15.6 Å². The molecule has 0 aliphatic heterocycles. The van der Waals surface area contributed by atoms with Crippen LogP contribution in [0.3, 0.4) is 0 Å². The number of aromatic nitrogens is 1. The van der Waals surface area contributed by atoms with Crippen LogP contribution in [0.1, 0.15) is 28.4 Å². The third-order valence-electron chi connectivity index (χ3n) is 4.51. The Hall–Kier alpha value is -3.62. The summed E-state index contributed by atoms with van der Waals surface area (Å²) in [5.41, 5.74) is -1.01. The summed E-state index contributed by atoms with van der Waals surface area (Å²) >= 11 is 0. The van der Waals surface area contributed by atoms with Crippen LogP contribution in [0.15, 0.2) is 59.5 Å². The molecule has 1 heterocycles. The lowest BCUT2D eigenvalue weighted by molar-refractivity contribution is -0.137. The monoisotopic (exact) mass is 434 g/mol. The Morgan fingerprint density at radius 1 is 1.06 bits per heavy atom. The summed E-state index contributed by atoms with van der Waals surface area (Å²) in [6, 6.07) is 8.66.